The first kappa shape index (κ1) is 20.3. The van der Waals surface area contributed by atoms with Crippen LogP contribution in [-0.2, 0) is 4.79 Å². The van der Waals surface area contributed by atoms with Gasteiger partial charge >= 0.3 is 0 Å². The Labute approximate surface area is 172 Å². The van der Waals surface area contributed by atoms with E-state index in [9.17, 15) is 4.79 Å². The molecule has 0 aliphatic heterocycles. The third-order valence-electron chi connectivity index (χ3n) is 4.78. The highest BCUT2D eigenvalue weighted by Gasteiger charge is 2.09. The smallest absolute Gasteiger partial charge is 0.258 e. The predicted octanol–water partition coefficient (Wildman–Crippen LogP) is 5.31. The molecule has 0 heterocycles. The van der Waals surface area contributed by atoms with Crippen molar-refractivity contribution < 1.29 is 9.53 Å². The summed E-state index contributed by atoms with van der Waals surface area (Å²) in [6.07, 6.45) is 1.82. The predicted molar refractivity (Wildman–Crippen MR) is 118 cm³/mol. The van der Waals surface area contributed by atoms with E-state index in [1.165, 1.54) is 11.1 Å². The Balaban J connectivity index is 1.50. The average Bonchev–Trinajstić information content (AvgIpc) is 2.74. The number of aryl methyl sites for hydroxylation is 2. The molecule has 0 aliphatic rings. The molecule has 3 aromatic carbocycles. The summed E-state index contributed by atoms with van der Waals surface area (Å²) in [7, 11) is 0. The molecule has 0 saturated heterocycles. The van der Waals surface area contributed by atoms with Gasteiger partial charge in [-0.05, 0) is 79.4 Å². The Morgan fingerprint density at radius 1 is 1.00 bits per heavy atom. The number of carbonyl (C=O) groups excluding carboxylic acids is 1. The quantitative estimate of drug-likeness (QED) is 0.560. The molecule has 1 N–H and O–H groups in total. The molecule has 0 aliphatic carbocycles. The number of amides is 1. The van der Waals surface area contributed by atoms with E-state index >= 15 is 0 Å². The van der Waals surface area contributed by atoms with Crippen LogP contribution in [0.3, 0.4) is 0 Å². The third kappa shape index (κ3) is 6.04. The van der Waals surface area contributed by atoms with Gasteiger partial charge in [-0.3, -0.25) is 9.79 Å². The van der Waals surface area contributed by atoms with Gasteiger partial charge in [0.1, 0.15) is 5.75 Å². The zero-order valence-corrected chi connectivity index (χ0v) is 17.1. The summed E-state index contributed by atoms with van der Waals surface area (Å²) in [4.78, 5) is 16.6. The molecule has 1 atom stereocenters. The number of nitrogens with zero attached hydrogens (tertiary/aromatic N) is 1. The van der Waals surface area contributed by atoms with Gasteiger partial charge in [0.25, 0.3) is 5.91 Å². The SMILES string of the molecule is Cc1ccc(N=Cc2ccc(OCC(=O)N[C@@H](C)c3ccccc3)cc2)cc1C. The lowest BCUT2D eigenvalue weighted by molar-refractivity contribution is -0.123. The number of hydrogen-bond acceptors (Lipinski definition) is 3. The van der Waals surface area contributed by atoms with Gasteiger partial charge < -0.3 is 10.1 Å². The number of hydrogen-bond donors (Lipinski definition) is 1. The van der Waals surface area contributed by atoms with E-state index in [2.05, 4.69) is 36.3 Å². The van der Waals surface area contributed by atoms with Crippen LogP contribution in [0.25, 0.3) is 0 Å². The van der Waals surface area contributed by atoms with Crippen molar-refractivity contribution in [1.29, 1.82) is 0 Å². The van der Waals surface area contributed by atoms with Crippen molar-refractivity contribution in [3.05, 3.63) is 95.1 Å². The van der Waals surface area contributed by atoms with Crippen molar-refractivity contribution in [3.8, 4) is 5.75 Å². The third-order valence-corrected chi connectivity index (χ3v) is 4.78. The molecule has 148 valence electrons. The van der Waals surface area contributed by atoms with Crippen LogP contribution in [0.2, 0.25) is 0 Å². The number of rotatable bonds is 7. The Kier molecular flexibility index (Phi) is 6.80. The van der Waals surface area contributed by atoms with Crippen LogP contribution in [0.4, 0.5) is 5.69 Å². The maximum absolute atomic E-state index is 12.1. The van der Waals surface area contributed by atoms with E-state index in [4.69, 9.17) is 4.74 Å². The van der Waals surface area contributed by atoms with Gasteiger partial charge in [0.15, 0.2) is 6.61 Å². The van der Waals surface area contributed by atoms with E-state index in [-0.39, 0.29) is 18.6 Å². The van der Waals surface area contributed by atoms with Gasteiger partial charge in [-0.25, -0.2) is 0 Å². The molecule has 0 bridgehead atoms. The van der Waals surface area contributed by atoms with Gasteiger partial charge in [-0.15, -0.1) is 0 Å². The first-order chi connectivity index (χ1) is 14.0. The van der Waals surface area contributed by atoms with Crippen molar-refractivity contribution in [2.75, 3.05) is 6.61 Å². The summed E-state index contributed by atoms with van der Waals surface area (Å²) < 4.78 is 5.59. The standard InChI is InChI=1S/C25H26N2O2/c1-18-9-12-23(15-19(18)2)26-16-21-10-13-24(14-11-21)29-17-25(28)27-20(3)22-7-5-4-6-8-22/h4-16,20H,17H2,1-3H3,(H,27,28)/t20-/m0/s1. The molecule has 0 unspecified atom stereocenters. The van der Waals surface area contributed by atoms with Crippen molar-refractivity contribution in [2.45, 2.75) is 26.8 Å². The van der Waals surface area contributed by atoms with E-state index < -0.39 is 0 Å². The van der Waals surface area contributed by atoms with Crippen LogP contribution in [-0.4, -0.2) is 18.7 Å². The van der Waals surface area contributed by atoms with E-state index in [0.717, 1.165) is 16.8 Å². The highest BCUT2D eigenvalue weighted by atomic mass is 16.5. The second-order valence-electron chi connectivity index (χ2n) is 7.08. The summed E-state index contributed by atoms with van der Waals surface area (Å²) in [5.74, 6) is 0.498. The Hall–Kier alpha value is -3.40. The minimum absolute atomic E-state index is 0.0206. The van der Waals surface area contributed by atoms with E-state index in [0.29, 0.717) is 5.75 Å². The van der Waals surface area contributed by atoms with E-state index in [1.54, 1.807) is 0 Å². The molecule has 4 nitrogen and oxygen atoms in total. The normalized spacial score (nSPS) is 12.0. The molecule has 0 saturated carbocycles. The van der Waals surface area contributed by atoms with Gasteiger partial charge in [0.05, 0.1) is 11.7 Å². The zero-order valence-electron chi connectivity index (χ0n) is 17.1. The Morgan fingerprint density at radius 3 is 2.41 bits per heavy atom. The first-order valence-electron chi connectivity index (χ1n) is 9.70. The molecule has 0 fully saturated rings. The molecule has 0 aromatic heterocycles. The number of carbonyl (C=O) groups is 1. The van der Waals surface area contributed by atoms with Crippen molar-refractivity contribution in [3.63, 3.8) is 0 Å². The fourth-order valence-corrected chi connectivity index (χ4v) is 2.86. The molecule has 29 heavy (non-hydrogen) atoms. The highest BCUT2D eigenvalue weighted by molar-refractivity contribution is 5.82. The average molecular weight is 386 g/mol. The fourth-order valence-electron chi connectivity index (χ4n) is 2.86. The molecule has 0 radical (unpaired) electrons. The number of nitrogens with one attached hydrogen (secondary N) is 1. The van der Waals surface area contributed by atoms with Crippen LogP contribution in [0, 0.1) is 13.8 Å². The zero-order chi connectivity index (χ0) is 20.6. The summed E-state index contributed by atoms with van der Waals surface area (Å²) in [6, 6.07) is 23.5. The van der Waals surface area contributed by atoms with Gasteiger partial charge in [0.2, 0.25) is 0 Å². The monoisotopic (exact) mass is 386 g/mol. The molecular formula is C25H26N2O2. The summed E-state index contributed by atoms with van der Waals surface area (Å²) in [6.45, 7) is 6.10. The van der Waals surface area contributed by atoms with Crippen LogP contribution < -0.4 is 10.1 Å². The lowest BCUT2D eigenvalue weighted by Crippen LogP contribution is -2.31. The highest BCUT2D eigenvalue weighted by Crippen LogP contribution is 2.18. The second-order valence-corrected chi connectivity index (χ2v) is 7.08. The molecule has 0 spiro atoms. The van der Waals surface area contributed by atoms with Crippen LogP contribution >= 0.6 is 0 Å². The summed E-state index contributed by atoms with van der Waals surface area (Å²) in [5.41, 5.74) is 5.44. The summed E-state index contributed by atoms with van der Waals surface area (Å²) >= 11 is 0. The summed E-state index contributed by atoms with van der Waals surface area (Å²) in [5, 5.41) is 2.94. The van der Waals surface area contributed by atoms with Crippen LogP contribution in [0.1, 0.15) is 35.2 Å². The van der Waals surface area contributed by atoms with Crippen molar-refractivity contribution in [2.24, 2.45) is 4.99 Å². The van der Waals surface area contributed by atoms with Gasteiger partial charge in [-0.2, -0.15) is 0 Å². The topological polar surface area (TPSA) is 50.7 Å². The fraction of sp³-hybridized carbons (Fsp3) is 0.200. The maximum atomic E-state index is 12.1. The largest absolute Gasteiger partial charge is 0.484 e. The van der Waals surface area contributed by atoms with Crippen LogP contribution in [0.15, 0.2) is 77.8 Å². The van der Waals surface area contributed by atoms with E-state index in [1.807, 2.05) is 73.8 Å². The minimum Gasteiger partial charge on any atom is -0.484 e. The minimum atomic E-state index is -0.151. The molecule has 3 rings (SSSR count). The molecule has 1 amide bonds. The molecule has 3 aromatic rings. The lowest BCUT2D eigenvalue weighted by Gasteiger charge is -2.14. The number of benzene rings is 3. The van der Waals surface area contributed by atoms with Crippen molar-refractivity contribution in [1.82, 2.24) is 5.32 Å². The van der Waals surface area contributed by atoms with Crippen LogP contribution in [0.5, 0.6) is 5.75 Å². The molecule has 4 heteroatoms. The first-order valence-corrected chi connectivity index (χ1v) is 9.70. The lowest BCUT2D eigenvalue weighted by atomic mass is 10.1. The molecular weight excluding hydrogens is 360 g/mol. The Bertz CT molecular complexity index is 979. The number of aliphatic imine (C=N–C) groups is 1. The number of ether oxygens (including phenoxy) is 1. The second kappa shape index (κ2) is 9.69. The van der Waals surface area contributed by atoms with Gasteiger partial charge in [0, 0.05) is 6.21 Å². The van der Waals surface area contributed by atoms with Crippen molar-refractivity contribution >= 4 is 17.8 Å². The Morgan fingerprint density at radius 2 is 1.72 bits per heavy atom. The van der Waals surface area contributed by atoms with Gasteiger partial charge in [-0.1, -0.05) is 36.4 Å². The maximum Gasteiger partial charge on any atom is 0.258 e.